The Hall–Kier alpha value is -2.77. The molecule has 3 rings (SSSR count). The molecule has 1 aliphatic heterocycles. The Bertz CT molecular complexity index is 822. The van der Waals surface area contributed by atoms with Crippen molar-refractivity contribution < 1.29 is 19.1 Å². The van der Waals surface area contributed by atoms with Crippen LogP contribution in [0.4, 0.5) is 16.2 Å². The Morgan fingerprint density at radius 2 is 2.07 bits per heavy atom. The van der Waals surface area contributed by atoms with Crippen LogP contribution in [0.25, 0.3) is 0 Å². The standard InChI is InChI=1S/C20H28N4O4/c1-12-8-19(2,3)11-20(9-12)17(26)24(18(27)23-20)10-16(25)22-13-5-6-15(28-4)14(21)7-13/h5-7,12H,8-11,21H2,1-4H3,(H,22,25)(H,23,27). The quantitative estimate of drug-likeness (QED) is 0.541. The van der Waals surface area contributed by atoms with Crippen LogP contribution in [0.2, 0.25) is 0 Å². The molecule has 2 atom stereocenters. The molecule has 152 valence electrons. The van der Waals surface area contributed by atoms with E-state index in [0.29, 0.717) is 35.9 Å². The van der Waals surface area contributed by atoms with Crippen LogP contribution in [0.1, 0.15) is 40.0 Å². The number of benzene rings is 1. The van der Waals surface area contributed by atoms with Gasteiger partial charge in [-0.25, -0.2) is 4.79 Å². The van der Waals surface area contributed by atoms with Crippen LogP contribution < -0.4 is 21.1 Å². The molecule has 1 heterocycles. The zero-order valence-electron chi connectivity index (χ0n) is 16.8. The zero-order valence-corrected chi connectivity index (χ0v) is 16.8. The average molecular weight is 388 g/mol. The lowest BCUT2D eigenvalue weighted by Gasteiger charge is -2.43. The van der Waals surface area contributed by atoms with Crippen LogP contribution in [0.5, 0.6) is 5.75 Å². The van der Waals surface area contributed by atoms with Crippen LogP contribution in [0.3, 0.4) is 0 Å². The van der Waals surface area contributed by atoms with Crippen molar-refractivity contribution in [3.8, 4) is 5.75 Å². The van der Waals surface area contributed by atoms with E-state index in [0.717, 1.165) is 11.3 Å². The molecule has 2 unspecified atom stereocenters. The number of imide groups is 1. The molecule has 0 bridgehead atoms. The Morgan fingerprint density at radius 3 is 2.68 bits per heavy atom. The number of amides is 4. The summed E-state index contributed by atoms with van der Waals surface area (Å²) >= 11 is 0. The van der Waals surface area contributed by atoms with Gasteiger partial charge in [-0.1, -0.05) is 20.8 Å². The lowest BCUT2D eigenvalue weighted by atomic mass is 9.64. The molecule has 0 radical (unpaired) electrons. The fraction of sp³-hybridized carbons (Fsp3) is 0.550. The van der Waals surface area contributed by atoms with E-state index in [-0.39, 0.29) is 17.9 Å². The van der Waals surface area contributed by atoms with Gasteiger partial charge in [0.1, 0.15) is 17.8 Å². The minimum Gasteiger partial charge on any atom is -0.495 e. The van der Waals surface area contributed by atoms with Gasteiger partial charge in [0.15, 0.2) is 0 Å². The smallest absolute Gasteiger partial charge is 0.325 e. The number of carbonyl (C=O) groups excluding carboxylic acids is 3. The minimum atomic E-state index is -0.914. The van der Waals surface area contributed by atoms with E-state index < -0.39 is 17.5 Å². The molecular formula is C20H28N4O4. The van der Waals surface area contributed by atoms with Gasteiger partial charge in [-0.05, 0) is 48.8 Å². The number of methoxy groups -OCH3 is 1. The molecule has 1 saturated heterocycles. The van der Waals surface area contributed by atoms with Crippen molar-refractivity contribution in [1.82, 2.24) is 10.2 Å². The van der Waals surface area contributed by atoms with Crippen LogP contribution in [0.15, 0.2) is 18.2 Å². The van der Waals surface area contributed by atoms with Crippen LogP contribution in [0, 0.1) is 11.3 Å². The molecule has 1 aromatic carbocycles. The van der Waals surface area contributed by atoms with E-state index in [1.165, 1.54) is 7.11 Å². The van der Waals surface area contributed by atoms with Gasteiger partial charge in [0.05, 0.1) is 12.8 Å². The lowest BCUT2D eigenvalue weighted by Crippen LogP contribution is -2.54. The number of nitrogen functional groups attached to an aromatic ring is 1. The number of hydrogen-bond donors (Lipinski definition) is 3. The summed E-state index contributed by atoms with van der Waals surface area (Å²) in [5.74, 6) is 0.0295. The maximum Gasteiger partial charge on any atom is 0.325 e. The summed E-state index contributed by atoms with van der Waals surface area (Å²) in [6.45, 7) is 5.96. The molecule has 1 aliphatic carbocycles. The molecule has 4 amide bonds. The molecule has 0 aromatic heterocycles. The molecule has 1 saturated carbocycles. The summed E-state index contributed by atoms with van der Waals surface area (Å²) in [6.07, 6.45) is 2.16. The third kappa shape index (κ3) is 3.76. The Balaban J connectivity index is 1.70. The summed E-state index contributed by atoms with van der Waals surface area (Å²) in [4.78, 5) is 39.0. The maximum absolute atomic E-state index is 13.1. The second-order valence-electron chi connectivity index (χ2n) is 8.76. The van der Waals surface area contributed by atoms with Gasteiger partial charge in [-0.3, -0.25) is 14.5 Å². The highest BCUT2D eigenvalue weighted by molar-refractivity contribution is 6.10. The highest BCUT2D eigenvalue weighted by Gasteiger charge is 2.56. The van der Waals surface area contributed by atoms with Crippen molar-refractivity contribution in [1.29, 1.82) is 0 Å². The highest BCUT2D eigenvalue weighted by atomic mass is 16.5. The maximum atomic E-state index is 13.1. The molecule has 1 spiro atoms. The van der Waals surface area contributed by atoms with Crippen LogP contribution in [-0.4, -0.2) is 41.9 Å². The molecule has 1 aromatic rings. The van der Waals surface area contributed by atoms with Crippen LogP contribution in [-0.2, 0) is 9.59 Å². The Morgan fingerprint density at radius 1 is 1.36 bits per heavy atom. The molecule has 28 heavy (non-hydrogen) atoms. The zero-order chi connectivity index (χ0) is 20.7. The minimum absolute atomic E-state index is 0.0561. The fourth-order valence-electron chi connectivity index (χ4n) is 4.81. The topological polar surface area (TPSA) is 114 Å². The molecule has 8 heteroatoms. The normalized spacial score (nSPS) is 26.3. The number of nitrogens with zero attached hydrogens (tertiary/aromatic N) is 1. The van der Waals surface area contributed by atoms with E-state index in [1.807, 2.05) is 0 Å². The van der Waals surface area contributed by atoms with Gasteiger partial charge in [-0.15, -0.1) is 0 Å². The average Bonchev–Trinajstić information content (AvgIpc) is 2.76. The van der Waals surface area contributed by atoms with Crippen molar-refractivity contribution in [2.75, 3.05) is 24.7 Å². The molecule has 8 nitrogen and oxygen atoms in total. The number of rotatable bonds is 4. The third-order valence-corrected chi connectivity index (χ3v) is 5.44. The van der Waals surface area contributed by atoms with Crippen molar-refractivity contribution in [3.63, 3.8) is 0 Å². The van der Waals surface area contributed by atoms with E-state index >= 15 is 0 Å². The van der Waals surface area contributed by atoms with Crippen molar-refractivity contribution >= 4 is 29.2 Å². The Kier molecular flexibility index (Phi) is 4.99. The SMILES string of the molecule is COc1ccc(NC(=O)CN2C(=O)NC3(CC(C)CC(C)(C)C3)C2=O)cc1N. The number of nitrogens with one attached hydrogen (secondary N) is 2. The van der Waals surface area contributed by atoms with E-state index in [9.17, 15) is 14.4 Å². The van der Waals surface area contributed by atoms with Crippen molar-refractivity contribution in [2.45, 2.75) is 45.6 Å². The van der Waals surface area contributed by atoms with Crippen LogP contribution >= 0.6 is 0 Å². The van der Waals surface area contributed by atoms with Gasteiger partial charge in [0.2, 0.25) is 5.91 Å². The molecule has 4 N–H and O–H groups in total. The predicted octanol–water partition coefficient (Wildman–Crippen LogP) is 2.35. The van der Waals surface area contributed by atoms with Gasteiger partial charge < -0.3 is 21.1 Å². The summed E-state index contributed by atoms with van der Waals surface area (Å²) in [6, 6.07) is 4.33. The number of nitrogens with two attached hydrogens (primary N) is 1. The number of ether oxygens (including phenoxy) is 1. The fourth-order valence-corrected chi connectivity index (χ4v) is 4.81. The van der Waals surface area contributed by atoms with Gasteiger partial charge in [-0.2, -0.15) is 0 Å². The van der Waals surface area contributed by atoms with Crippen molar-refractivity contribution in [2.24, 2.45) is 11.3 Å². The first-order valence-electron chi connectivity index (χ1n) is 9.43. The molecule has 2 fully saturated rings. The summed E-state index contributed by atoms with van der Waals surface area (Å²) in [5, 5.41) is 5.54. The Labute approximate surface area is 164 Å². The number of hydrogen-bond acceptors (Lipinski definition) is 5. The second kappa shape index (κ2) is 7.00. The van der Waals surface area contributed by atoms with E-state index in [1.54, 1.807) is 18.2 Å². The van der Waals surface area contributed by atoms with E-state index in [4.69, 9.17) is 10.5 Å². The highest BCUT2D eigenvalue weighted by Crippen LogP contribution is 2.46. The summed E-state index contributed by atoms with van der Waals surface area (Å²) in [5.41, 5.74) is 5.72. The first-order valence-corrected chi connectivity index (χ1v) is 9.43. The molecular weight excluding hydrogens is 360 g/mol. The van der Waals surface area contributed by atoms with E-state index in [2.05, 4.69) is 31.4 Å². The van der Waals surface area contributed by atoms with Crippen molar-refractivity contribution in [3.05, 3.63) is 18.2 Å². The first kappa shape index (κ1) is 20.0. The monoisotopic (exact) mass is 388 g/mol. The third-order valence-electron chi connectivity index (χ3n) is 5.44. The number of anilines is 2. The summed E-state index contributed by atoms with van der Waals surface area (Å²) < 4.78 is 5.09. The van der Waals surface area contributed by atoms with Gasteiger partial charge >= 0.3 is 6.03 Å². The first-order chi connectivity index (χ1) is 13.0. The second-order valence-corrected chi connectivity index (χ2v) is 8.76. The number of urea groups is 1. The predicted molar refractivity (Wildman–Crippen MR) is 106 cm³/mol. The lowest BCUT2D eigenvalue weighted by molar-refractivity contribution is -0.136. The molecule has 2 aliphatic rings. The van der Waals surface area contributed by atoms with Gasteiger partial charge in [0, 0.05) is 5.69 Å². The van der Waals surface area contributed by atoms with Gasteiger partial charge in [0.25, 0.3) is 5.91 Å². The largest absolute Gasteiger partial charge is 0.495 e. The number of carbonyl (C=O) groups is 3. The summed E-state index contributed by atoms with van der Waals surface area (Å²) in [7, 11) is 1.50.